The van der Waals surface area contributed by atoms with Crippen LogP contribution in [0.4, 0.5) is 34.1 Å². The van der Waals surface area contributed by atoms with E-state index in [2.05, 4.69) is 232 Å². The Morgan fingerprint density at radius 1 is 0.322 bits per heavy atom. The van der Waals surface area contributed by atoms with Crippen LogP contribution in [0.5, 0.6) is 0 Å². The lowest BCUT2D eigenvalue weighted by Gasteiger charge is -2.28. The maximum Gasteiger partial charge on any atom is 0.0645 e. The summed E-state index contributed by atoms with van der Waals surface area (Å²) >= 11 is 0. The first-order valence-electron chi connectivity index (χ1n) is 20.0. The first-order chi connectivity index (χ1) is 29.3. The first kappa shape index (κ1) is 34.3. The van der Waals surface area contributed by atoms with Crippen molar-refractivity contribution in [2.24, 2.45) is 0 Å². The minimum absolute atomic E-state index is 1.03. The largest absolute Gasteiger partial charge is 0.310 e. The molecule has 2 aromatic heterocycles. The van der Waals surface area contributed by atoms with Gasteiger partial charge in [-0.25, -0.2) is 0 Å². The number of rotatable bonds is 9. The molecule has 11 rings (SSSR count). The predicted octanol–water partition coefficient (Wildman–Crippen LogP) is 15.0. The molecule has 0 aliphatic carbocycles. The van der Waals surface area contributed by atoms with E-state index in [0.717, 1.165) is 50.8 Å². The number of hydrogen-bond acceptors (Lipinski definition) is 3. The minimum atomic E-state index is 1.03. The quantitative estimate of drug-likeness (QED) is 0.137. The molecule has 0 radical (unpaired) electrons. The van der Waals surface area contributed by atoms with Gasteiger partial charge in [0.1, 0.15) is 0 Å². The highest BCUT2D eigenvalue weighted by Crippen LogP contribution is 2.49. The maximum absolute atomic E-state index is 4.57. The van der Waals surface area contributed by atoms with Crippen molar-refractivity contribution >= 4 is 66.7 Å². The third-order valence-corrected chi connectivity index (χ3v) is 11.4. The van der Waals surface area contributed by atoms with Gasteiger partial charge in [-0.1, -0.05) is 133 Å². The van der Waals surface area contributed by atoms with Crippen molar-refractivity contribution in [1.82, 2.24) is 9.55 Å². The molecule has 0 aliphatic rings. The summed E-state index contributed by atoms with van der Waals surface area (Å²) in [5.41, 5.74) is 14.7. The van der Waals surface area contributed by atoms with Gasteiger partial charge in [-0.05, 0) is 107 Å². The number of hydrogen-bond donors (Lipinski definition) is 0. The van der Waals surface area contributed by atoms with Crippen LogP contribution < -0.4 is 9.80 Å². The Morgan fingerprint density at radius 3 is 1.12 bits per heavy atom. The second-order valence-corrected chi connectivity index (χ2v) is 14.8. The van der Waals surface area contributed by atoms with Crippen molar-refractivity contribution in [2.75, 3.05) is 9.80 Å². The number of para-hydroxylation sites is 2. The molecule has 0 saturated carbocycles. The lowest BCUT2D eigenvalue weighted by Crippen LogP contribution is -2.11. The smallest absolute Gasteiger partial charge is 0.0645 e. The summed E-state index contributed by atoms with van der Waals surface area (Å²) in [6.45, 7) is 0. The fourth-order valence-electron chi connectivity index (χ4n) is 8.76. The zero-order valence-electron chi connectivity index (χ0n) is 32.2. The van der Waals surface area contributed by atoms with Crippen LogP contribution in [0.1, 0.15) is 0 Å². The van der Waals surface area contributed by atoms with Gasteiger partial charge < -0.3 is 14.4 Å². The van der Waals surface area contributed by atoms with E-state index in [0.29, 0.717) is 0 Å². The molecule has 4 nitrogen and oxygen atoms in total. The molecule has 9 aromatic carbocycles. The Balaban J connectivity index is 1.14. The van der Waals surface area contributed by atoms with Crippen LogP contribution in [-0.4, -0.2) is 9.55 Å². The van der Waals surface area contributed by atoms with Gasteiger partial charge in [0, 0.05) is 50.5 Å². The SMILES string of the molecule is c1ccc(-c2ccc(N(c3ccccc3)c3ccc4c5c3ccc3c(N(c6ccccc6)c6ccc(-c7ccccc7)cc6)ccc(c35)n4-c3cccnc3)cc2)cc1. The Hall–Kier alpha value is -7.95. The lowest BCUT2D eigenvalue weighted by atomic mass is 9.97. The van der Waals surface area contributed by atoms with E-state index < -0.39 is 0 Å². The average molecular weight is 755 g/mol. The van der Waals surface area contributed by atoms with Crippen molar-refractivity contribution in [1.29, 1.82) is 0 Å². The van der Waals surface area contributed by atoms with Crippen molar-refractivity contribution in [3.05, 3.63) is 231 Å². The zero-order chi connectivity index (χ0) is 39.1. The molecule has 0 fully saturated rings. The van der Waals surface area contributed by atoms with E-state index in [9.17, 15) is 0 Å². The number of aromatic nitrogens is 2. The number of pyridine rings is 1. The van der Waals surface area contributed by atoms with E-state index in [4.69, 9.17) is 0 Å². The van der Waals surface area contributed by atoms with E-state index in [1.54, 1.807) is 0 Å². The standard InChI is InChI=1S/C55H38N4/c1-5-14-39(15-6-1)41-23-27-45(28-24-41)57(43-18-9-3-10-19-43)50-33-35-52-54-48(50)31-32-49-51(34-36-53(55(49)54)59(52)47-22-13-37-56-38-47)58(44-20-11-4-12-21-44)46-29-25-42(26-30-46)40-16-7-2-8-17-40/h1-38H. The predicted molar refractivity (Wildman–Crippen MR) is 248 cm³/mol. The van der Waals surface area contributed by atoms with E-state index in [1.165, 1.54) is 43.8 Å². The normalized spacial score (nSPS) is 11.4. The van der Waals surface area contributed by atoms with E-state index in [-0.39, 0.29) is 0 Å². The van der Waals surface area contributed by atoms with Crippen molar-refractivity contribution < 1.29 is 0 Å². The molecule has 0 unspecified atom stereocenters. The molecule has 0 spiro atoms. The minimum Gasteiger partial charge on any atom is -0.310 e. The molecule has 0 amide bonds. The number of benzene rings is 9. The summed E-state index contributed by atoms with van der Waals surface area (Å²) < 4.78 is 2.37. The highest BCUT2D eigenvalue weighted by atomic mass is 15.2. The third kappa shape index (κ3) is 5.98. The van der Waals surface area contributed by atoms with Crippen LogP contribution in [0.25, 0.3) is 60.5 Å². The molecule has 0 saturated heterocycles. The summed E-state index contributed by atoms with van der Waals surface area (Å²) in [5.74, 6) is 0. The Morgan fingerprint density at radius 2 is 0.712 bits per heavy atom. The van der Waals surface area contributed by atoms with Crippen LogP contribution in [0, 0.1) is 0 Å². The second-order valence-electron chi connectivity index (χ2n) is 14.8. The van der Waals surface area contributed by atoms with Crippen molar-refractivity contribution in [3.8, 4) is 27.9 Å². The Kier molecular flexibility index (Phi) is 8.45. The molecule has 0 N–H and O–H groups in total. The Labute approximate surface area is 343 Å². The summed E-state index contributed by atoms with van der Waals surface area (Å²) in [5, 5.41) is 4.79. The van der Waals surface area contributed by atoms with E-state index >= 15 is 0 Å². The van der Waals surface area contributed by atoms with Crippen LogP contribution >= 0.6 is 0 Å². The fraction of sp³-hybridized carbons (Fsp3) is 0. The topological polar surface area (TPSA) is 24.3 Å². The van der Waals surface area contributed by atoms with Gasteiger partial charge in [0.15, 0.2) is 0 Å². The molecule has 0 aliphatic heterocycles. The monoisotopic (exact) mass is 754 g/mol. The second kappa shape index (κ2) is 14.5. The van der Waals surface area contributed by atoms with Gasteiger partial charge in [0.25, 0.3) is 0 Å². The highest BCUT2D eigenvalue weighted by molar-refractivity contribution is 6.29. The molecular weight excluding hydrogens is 717 g/mol. The number of nitrogens with zero attached hydrogens (tertiary/aromatic N) is 4. The molecule has 0 atom stereocenters. The van der Waals surface area contributed by atoms with Gasteiger partial charge in [0.2, 0.25) is 0 Å². The molecule has 0 bridgehead atoms. The highest BCUT2D eigenvalue weighted by Gasteiger charge is 2.25. The van der Waals surface area contributed by atoms with Gasteiger partial charge in [-0.15, -0.1) is 0 Å². The van der Waals surface area contributed by atoms with Crippen LogP contribution in [0.2, 0.25) is 0 Å². The van der Waals surface area contributed by atoms with Gasteiger partial charge >= 0.3 is 0 Å². The lowest BCUT2D eigenvalue weighted by molar-refractivity contribution is 1.14. The molecule has 2 heterocycles. The van der Waals surface area contributed by atoms with Gasteiger partial charge in [-0.2, -0.15) is 0 Å². The first-order valence-corrected chi connectivity index (χ1v) is 20.0. The molecule has 278 valence electrons. The zero-order valence-corrected chi connectivity index (χ0v) is 32.2. The summed E-state index contributed by atoms with van der Waals surface area (Å²) in [4.78, 5) is 9.35. The Bertz CT molecular complexity index is 2970. The van der Waals surface area contributed by atoms with E-state index in [1.807, 2.05) is 18.5 Å². The fourth-order valence-corrected chi connectivity index (χ4v) is 8.76. The van der Waals surface area contributed by atoms with Gasteiger partial charge in [0.05, 0.1) is 34.3 Å². The number of anilines is 6. The van der Waals surface area contributed by atoms with Crippen LogP contribution in [-0.2, 0) is 0 Å². The molecule has 59 heavy (non-hydrogen) atoms. The molecule has 11 aromatic rings. The van der Waals surface area contributed by atoms with Crippen LogP contribution in [0.15, 0.2) is 231 Å². The molecular formula is C55H38N4. The molecule has 4 heteroatoms. The summed E-state index contributed by atoms with van der Waals surface area (Å²) in [6.07, 6.45) is 3.80. The average Bonchev–Trinajstić information content (AvgIpc) is 3.66. The van der Waals surface area contributed by atoms with Gasteiger partial charge in [-0.3, -0.25) is 4.98 Å². The third-order valence-electron chi connectivity index (χ3n) is 11.4. The van der Waals surface area contributed by atoms with Crippen LogP contribution in [0.3, 0.4) is 0 Å². The van der Waals surface area contributed by atoms with Crippen molar-refractivity contribution in [2.45, 2.75) is 0 Å². The summed E-state index contributed by atoms with van der Waals surface area (Å²) in [7, 11) is 0. The maximum atomic E-state index is 4.57. The summed E-state index contributed by atoms with van der Waals surface area (Å²) in [6, 6.07) is 78.3. The van der Waals surface area contributed by atoms with Crippen molar-refractivity contribution in [3.63, 3.8) is 0 Å².